The van der Waals surface area contributed by atoms with Gasteiger partial charge in [0.1, 0.15) is 0 Å². The summed E-state index contributed by atoms with van der Waals surface area (Å²) in [6, 6.07) is 17.6. The summed E-state index contributed by atoms with van der Waals surface area (Å²) in [5, 5.41) is 5.55. The summed E-state index contributed by atoms with van der Waals surface area (Å²) < 4.78 is 11.3. The molecule has 1 amide bonds. The quantitative estimate of drug-likeness (QED) is 0.692. The summed E-state index contributed by atoms with van der Waals surface area (Å²) in [5.41, 5.74) is 1.51. The number of amides is 1. The van der Waals surface area contributed by atoms with Gasteiger partial charge in [-0.15, -0.1) is 0 Å². The third kappa shape index (κ3) is 3.85. The average molecular weight is 397 g/mol. The molecule has 0 saturated carbocycles. The molecule has 0 saturated heterocycles. The van der Waals surface area contributed by atoms with Crippen LogP contribution in [-0.4, -0.2) is 32.7 Å². The van der Waals surface area contributed by atoms with Gasteiger partial charge in [-0.1, -0.05) is 48.0 Å². The Morgan fingerprint density at radius 1 is 1.07 bits per heavy atom. The number of anilines is 2. The van der Waals surface area contributed by atoms with Crippen molar-refractivity contribution in [2.24, 2.45) is 0 Å². The first-order chi connectivity index (χ1) is 13.6. The highest BCUT2D eigenvalue weighted by atomic mass is 35.5. The van der Waals surface area contributed by atoms with E-state index in [-0.39, 0.29) is 12.5 Å². The van der Waals surface area contributed by atoms with Gasteiger partial charge in [0.2, 0.25) is 5.91 Å². The molecule has 0 aliphatic carbocycles. The SMILES string of the molecule is CN(CC(=O)Nc1cc2c(cc1Cl)OCCCO2)c1cccc2ccccc12. The fraction of sp³-hybridized carbons (Fsp3) is 0.227. The van der Waals surface area contributed by atoms with Crippen LogP contribution in [0.15, 0.2) is 54.6 Å². The Balaban J connectivity index is 1.50. The first-order valence-electron chi connectivity index (χ1n) is 9.20. The fourth-order valence-corrected chi connectivity index (χ4v) is 3.51. The third-order valence-corrected chi connectivity index (χ3v) is 4.98. The number of rotatable bonds is 4. The van der Waals surface area contributed by atoms with Crippen LogP contribution in [0.2, 0.25) is 5.02 Å². The van der Waals surface area contributed by atoms with Gasteiger partial charge in [-0.3, -0.25) is 4.79 Å². The Bertz CT molecular complexity index is 1020. The van der Waals surface area contributed by atoms with Crippen LogP contribution in [-0.2, 0) is 4.79 Å². The molecule has 1 heterocycles. The number of halogens is 1. The molecule has 144 valence electrons. The van der Waals surface area contributed by atoms with Gasteiger partial charge in [-0.05, 0) is 11.5 Å². The Morgan fingerprint density at radius 2 is 1.79 bits per heavy atom. The molecule has 3 aromatic carbocycles. The summed E-state index contributed by atoms with van der Waals surface area (Å²) in [5.74, 6) is 1.04. The van der Waals surface area contributed by atoms with Crippen LogP contribution >= 0.6 is 11.6 Å². The average Bonchev–Trinajstić information content (AvgIpc) is 2.92. The molecule has 3 aromatic rings. The van der Waals surface area contributed by atoms with Crippen molar-refractivity contribution in [1.82, 2.24) is 0 Å². The lowest BCUT2D eigenvalue weighted by Crippen LogP contribution is -2.30. The van der Waals surface area contributed by atoms with Crippen LogP contribution in [0.5, 0.6) is 11.5 Å². The normalized spacial score (nSPS) is 13.1. The van der Waals surface area contributed by atoms with Gasteiger partial charge in [0.25, 0.3) is 0 Å². The number of ether oxygens (including phenoxy) is 2. The Kier molecular flexibility index (Phi) is 5.26. The predicted molar refractivity (Wildman–Crippen MR) is 113 cm³/mol. The highest BCUT2D eigenvalue weighted by Gasteiger charge is 2.17. The summed E-state index contributed by atoms with van der Waals surface area (Å²) in [7, 11) is 1.90. The van der Waals surface area contributed by atoms with E-state index in [1.807, 2.05) is 36.2 Å². The van der Waals surface area contributed by atoms with Crippen LogP contribution in [0.1, 0.15) is 6.42 Å². The fourth-order valence-electron chi connectivity index (χ4n) is 3.31. The standard InChI is InChI=1S/C22H21ClN2O3/c1-25(19-9-4-7-15-6-2-3-8-16(15)19)14-22(26)24-18-13-21-20(12-17(18)23)27-10-5-11-28-21/h2-4,6-9,12-13H,5,10-11,14H2,1H3,(H,24,26). The van der Waals surface area contributed by atoms with Gasteiger partial charge in [0.05, 0.1) is 30.5 Å². The number of hydrogen-bond donors (Lipinski definition) is 1. The zero-order chi connectivity index (χ0) is 19.5. The number of carbonyl (C=O) groups is 1. The van der Waals surface area contributed by atoms with Crippen molar-refractivity contribution >= 4 is 39.7 Å². The van der Waals surface area contributed by atoms with Crippen LogP contribution in [0.3, 0.4) is 0 Å². The zero-order valence-corrected chi connectivity index (χ0v) is 16.3. The van der Waals surface area contributed by atoms with Gasteiger partial charge < -0.3 is 19.7 Å². The molecular weight excluding hydrogens is 376 g/mol. The van der Waals surface area contributed by atoms with Crippen molar-refractivity contribution in [2.45, 2.75) is 6.42 Å². The Hall–Kier alpha value is -2.92. The lowest BCUT2D eigenvalue weighted by atomic mass is 10.1. The van der Waals surface area contributed by atoms with Gasteiger partial charge >= 0.3 is 0 Å². The van der Waals surface area contributed by atoms with E-state index in [4.69, 9.17) is 21.1 Å². The first-order valence-corrected chi connectivity index (χ1v) is 9.57. The minimum atomic E-state index is -0.160. The van der Waals surface area contributed by atoms with Crippen LogP contribution < -0.4 is 19.7 Å². The molecule has 0 bridgehead atoms. The van der Waals surface area contributed by atoms with E-state index in [0.29, 0.717) is 35.4 Å². The lowest BCUT2D eigenvalue weighted by molar-refractivity contribution is -0.114. The molecule has 4 rings (SSSR count). The van der Waals surface area contributed by atoms with Crippen molar-refractivity contribution in [3.63, 3.8) is 0 Å². The summed E-state index contributed by atoms with van der Waals surface area (Å²) in [6.45, 7) is 1.36. The lowest BCUT2D eigenvalue weighted by Gasteiger charge is -2.21. The highest BCUT2D eigenvalue weighted by molar-refractivity contribution is 6.34. The van der Waals surface area contributed by atoms with Crippen molar-refractivity contribution in [1.29, 1.82) is 0 Å². The van der Waals surface area contributed by atoms with Gasteiger partial charge in [0.15, 0.2) is 11.5 Å². The zero-order valence-electron chi connectivity index (χ0n) is 15.6. The van der Waals surface area contributed by atoms with E-state index >= 15 is 0 Å². The molecule has 5 nitrogen and oxygen atoms in total. The monoisotopic (exact) mass is 396 g/mol. The molecule has 1 aliphatic rings. The van der Waals surface area contributed by atoms with Crippen molar-refractivity contribution in [3.8, 4) is 11.5 Å². The molecule has 28 heavy (non-hydrogen) atoms. The molecule has 1 N–H and O–H groups in total. The number of fused-ring (bicyclic) bond motifs is 2. The molecule has 0 spiro atoms. The summed E-state index contributed by atoms with van der Waals surface area (Å²) in [4.78, 5) is 14.6. The number of nitrogens with zero attached hydrogens (tertiary/aromatic N) is 1. The Morgan fingerprint density at radius 3 is 2.61 bits per heavy atom. The molecule has 1 aliphatic heterocycles. The minimum absolute atomic E-state index is 0.160. The van der Waals surface area contributed by atoms with Gasteiger partial charge in [-0.25, -0.2) is 0 Å². The summed E-state index contributed by atoms with van der Waals surface area (Å²) >= 11 is 6.33. The molecular formula is C22H21ClN2O3. The van der Waals surface area contributed by atoms with Crippen LogP contribution in [0, 0.1) is 0 Å². The number of hydrogen-bond acceptors (Lipinski definition) is 4. The molecule has 0 aromatic heterocycles. The highest BCUT2D eigenvalue weighted by Crippen LogP contribution is 2.37. The van der Waals surface area contributed by atoms with E-state index in [9.17, 15) is 4.79 Å². The number of carbonyl (C=O) groups excluding carboxylic acids is 1. The maximum absolute atomic E-state index is 12.6. The second kappa shape index (κ2) is 7.98. The predicted octanol–water partition coefficient (Wildman–Crippen LogP) is 4.73. The largest absolute Gasteiger partial charge is 0.490 e. The molecule has 0 atom stereocenters. The topological polar surface area (TPSA) is 50.8 Å². The van der Waals surface area contributed by atoms with E-state index in [1.54, 1.807) is 12.1 Å². The van der Waals surface area contributed by atoms with Gasteiger partial charge in [0, 0.05) is 36.7 Å². The van der Waals surface area contributed by atoms with E-state index < -0.39 is 0 Å². The van der Waals surface area contributed by atoms with Crippen molar-refractivity contribution in [2.75, 3.05) is 37.0 Å². The number of nitrogens with one attached hydrogen (secondary N) is 1. The van der Waals surface area contributed by atoms with E-state index in [1.165, 1.54) is 0 Å². The van der Waals surface area contributed by atoms with Crippen LogP contribution in [0.4, 0.5) is 11.4 Å². The van der Waals surface area contributed by atoms with Gasteiger partial charge in [-0.2, -0.15) is 0 Å². The van der Waals surface area contributed by atoms with Crippen molar-refractivity contribution in [3.05, 3.63) is 59.6 Å². The second-order valence-electron chi connectivity index (χ2n) is 6.73. The molecule has 0 unspecified atom stereocenters. The van der Waals surface area contributed by atoms with E-state index in [2.05, 4.69) is 23.5 Å². The molecule has 6 heteroatoms. The van der Waals surface area contributed by atoms with E-state index in [0.717, 1.165) is 22.9 Å². The molecule has 0 fully saturated rings. The molecule has 0 radical (unpaired) electrons. The second-order valence-corrected chi connectivity index (χ2v) is 7.14. The summed E-state index contributed by atoms with van der Waals surface area (Å²) in [6.07, 6.45) is 0.809. The number of benzene rings is 3. The number of likely N-dealkylation sites (N-methyl/N-ethyl adjacent to an activating group) is 1. The maximum atomic E-state index is 12.6. The van der Waals surface area contributed by atoms with Crippen LogP contribution in [0.25, 0.3) is 10.8 Å². The minimum Gasteiger partial charge on any atom is -0.490 e. The third-order valence-electron chi connectivity index (χ3n) is 4.67. The first kappa shape index (κ1) is 18.4. The van der Waals surface area contributed by atoms with Crippen molar-refractivity contribution < 1.29 is 14.3 Å². The maximum Gasteiger partial charge on any atom is 0.243 e. The Labute approximate surface area is 168 Å². The smallest absolute Gasteiger partial charge is 0.243 e.